The highest BCUT2D eigenvalue weighted by Gasteiger charge is 2.51. The lowest BCUT2D eigenvalue weighted by molar-refractivity contribution is -0.00520. The smallest absolute Gasteiger partial charge is 0.124 e. The maximum Gasteiger partial charge on any atom is 0.124 e. The fourth-order valence-electron chi connectivity index (χ4n) is 6.18. The summed E-state index contributed by atoms with van der Waals surface area (Å²) in [5.41, 5.74) is 3.41. The van der Waals surface area contributed by atoms with Crippen LogP contribution >= 0.6 is 31.9 Å². The van der Waals surface area contributed by atoms with Gasteiger partial charge in [0.15, 0.2) is 0 Å². The Labute approximate surface area is 177 Å². The van der Waals surface area contributed by atoms with Crippen LogP contribution in [-0.2, 0) is 5.41 Å². The molecule has 0 aliphatic heterocycles. The van der Waals surface area contributed by atoms with Crippen molar-refractivity contribution in [2.24, 2.45) is 22.7 Å². The van der Waals surface area contributed by atoms with E-state index in [-0.39, 0.29) is 0 Å². The molecule has 4 heteroatoms. The van der Waals surface area contributed by atoms with Crippen LogP contribution < -0.4 is 0 Å². The number of rotatable bonds is 3. The van der Waals surface area contributed by atoms with Crippen LogP contribution in [0.15, 0.2) is 50.3 Å². The molecule has 0 spiro atoms. The first-order chi connectivity index (χ1) is 13.0. The van der Waals surface area contributed by atoms with Gasteiger partial charge in [0.2, 0.25) is 0 Å². The lowest BCUT2D eigenvalue weighted by Crippen LogP contribution is -2.48. The second-order valence-corrected chi connectivity index (χ2v) is 10.6. The quantitative estimate of drug-likeness (QED) is 0.457. The average Bonchev–Trinajstić information content (AvgIpc) is 2.62. The summed E-state index contributed by atoms with van der Waals surface area (Å²) in [5, 5.41) is 10.4. The molecule has 140 valence electrons. The van der Waals surface area contributed by atoms with Gasteiger partial charge in [-0.3, -0.25) is 4.99 Å². The van der Waals surface area contributed by atoms with Crippen LogP contribution in [0.1, 0.15) is 49.7 Å². The first-order valence-corrected chi connectivity index (χ1v) is 11.4. The van der Waals surface area contributed by atoms with Crippen molar-refractivity contribution in [2.75, 3.05) is 0 Å². The van der Waals surface area contributed by atoms with Crippen LogP contribution in [0.2, 0.25) is 0 Å². The van der Waals surface area contributed by atoms with Crippen LogP contribution in [0.3, 0.4) is 0 Å². The van der Waals surface area contributed by atoms with E-state index in [1.165, 1.54) is 44.1 Å². The van der Waals surface area contributed by atoms with E-state index >= 15 is 0 Å². The normalized spacial score (nSPS) is 31.7. The summed E-state index contributed by atoms with van der Waals surface area (Å²) >= 11 is 7.04. The summed E-state index contributed by atoms with van der Waals surface area (Å²) in [6.45, 7) is 0. The molecule has 2 aromatic carbocycles. The molecule has 2 nitrogen and oxygen atoms in total. The second-order valence-electron chi connectivity index (χ2n) is 8.83. The predicted molar refractivity (Wildman–Crippen MR) is 117 cm³/mol. The summed E-state index contributed by atoms with van der Waals surface area (Å²) in [4.78, 5) is 4.62. The third-order valence-corrected chi connectivity index (χ3v) is 8.09. The average molecular weight is 489 g/mol. The van der Waals surface area contributed by atoms with Crippen molar-refractivity contribution < 1.29 is 5.11 Å². The van der Waals surface area contributed by atoms with Crippen LogP contribution in [0.25, 0.3) is 0 Å². The summed E-state index contributed by atoms with van der Waals surface area (Å²) in [6.07, 6.45) is 10.1. The minimum absolute atomic E-state index is 0.304. The Balaban J connectivity index is 1.49. The number of phenolic OH excluding ortho intramolecular Hbond substituents is 1. The summed E-state index contributed by atoms with van der Waals surface area (Å²) in [6, 6.07) is 12.1. The van der Waals surface area contributed by atoms with Crippen molar-refractivity contribution in [3.63, 3.8) is 0 Å². The van der Waals surface area contributed by atoms with Gasteiger partial charge in [-0.05, 0) is 114 Å². The Bertz CT molecular complexity index is 885. The van der Waals surface area contributed by atoms with Crippen molar-refractivity contribution in [3.05, 3.63) is 56.5 Å². The molecule has 4 aliphatic rings. The predicted octanol–water partition coefficient (Wildman–Crippen LogP) is 7.14. The highest BCUT2D eigenvalue weighted by Crippen LogP contribution is 2.60. The zero-order valence-electron chi connectivity index (χ0n) is 15.2. The van der Waals surface area contributed by atoms with Crippen LogP contribution in [-0.4, -0.2) is 11.3 Å². The van der Waals surface area contributed by atoms with E-state index in [0.29, 0.717) is 11.2 Å². The summed E-state index contributed by atoms with van der Waals surface area (Å²) in [5.74, 6) is 3.05. The van der Waals surface area contributed by atoms with Gasteiger partial charge in [0, 0.05) is 20.7 Å². The van der Waals surface area contributed by atoms with E-state index in [4.69, 9.17) is 0 Å². The van der Waals surface area contributed by atoms with E-state index < -0.39 is 0 Å². The van der Waals surface area contributed by atoms with Crippen molar-refractivity contribution in [1.82, 2.24) is 0 Å². The molecule has 1 N–H and O–H groups in total. The minimum atomic E-state index is 0.304. The highest BCUT2D eigenvalue weighted by molar-refractivity contribution is 9.11. The summed E-state index contributed by atoms with van der Waals surface area (Å²) in [7, 11) is 0. The molecule has 0 unspecified atom stereocenters. The van der Waals surface area contributed by atoms with Gasteiger partial charge in [0.05, 0.1) is 5.69 Å². The zero-order valence-corrected chi connectivity index (χ0v) is 18.3. The third kappa shape index (κ3) is 3.29. The number of nitrogens with zero attached hydrogens (tertiary/aromatic N) is 1. The Hall–Kier alpha value is -1.13. The fraction of sp³-hybridized carbons (Fsp3) is 0.435. The van der Waals surface area contributed by atoms with Gasteiger partial charge >= 0.3 is 0 Å². The zero-order chi connectivity index (χ0) is 18.6. The molecule has 0 amide bonds. The second kappa shape index (κ2) is 6.73. The number of hydrogen-bond donors (Lipinski definition) is 1. The number of phenols is 1. The monoisotopic (exact) mass is 487 g/mol. The molecule has 0 aromatic heterocycles. The Morgan fingerprint density at radius 1 is 0.926 bits per heavy atom. The lowest BCUT2D eigenvalue weighted by Gasteiger charge is -2.57. The largest absolute Gasteiger partial charge is 0.507 e. The maximum atomic E-state index is 10.4. The molecule has 6 rings (SSSR count). The third-order valence-electron chi connectivity index (χ3n) is 6.93. The van der Waals surface area contributed by atoms with Gasteiger partial charge < -0.3 is 5.11 Å². The molecule has 2 aromatic rings. The van der Waals surface area contributed by atoms with Gasteiger partial charge in [0.1, 0.15) is 5.75 Å². The number of aromatic hydroxyl groups is 1. The first-order valence-electron chi connectivity index (χ1n) is 9.83. The molecule has 4 saturated carbocycles. The minimum Gasteiger partial charge on any atom is -0.507 e. The number of halogens is 2. The maximum absolute atomic E-state index is 10.4. The van der Waals surface area contributed by atoms with Crippen LogP contribution in [0, 0.1) is 17.8 Å². The van der Waals surface area contributed by atoms with Crippen molar-refractivity contribution in [2.45, 2.75) is 43.9 Å². The summed E-state index contributed by atoms with van der Waals surface area (Å²) < 4.78 is 1.93. The van der Waals surface area contributed by atoms with E-state index in [2.05, 4.69) is 49.0 Å². The topological polar surface area (TPSA) is 32.6 Å². The van der Waals surface area contributed by atoms with Crippen molar-refractivity contribution in [3.8, 4) is 5.75 Å². The molecular weight excluding hydrogens is 466 g/mol. The highest BCUT2D eigenvalue weighted by atomic mass is 79.9. The molecule has 4 fully saturated rings. The van der Waals surface area contributed by atoms with Gasteiger partial charge in [0.25, 0.3) is 0 Å². The Kier molecular flexibility index (Phi) is 4.47. The molecule has 0 atom stereocenters. The first kappa shape index (κ1) is 17.9. The number of hydrogen-bond acceptors (Lipinski definition) is 2. The lowest BCUT2D eigenvalue weighted by atomic mass is 9.48. The van der Waals surface area contributed by atoms with Gasteiger partial charge in [-0.2, -0.15) is 0 Å². The number of benzene rings is 2. The van der Waals surface area contributed by atoms with Gasteiger partial charge in [-0.25, -0.2) is 0 Å². The van der Waals surface area contributed by atoms with Crippen molar-refractivity contribution in [1.29, 1.82) is 0 Å². The number of aliphatic imine (C=N–C) groups is 1. The molecule has 0 saturated heterocycles. The van der Waals surface area contributed by atoms with Crippen molar-refractivity contribution >= 4 is 43.8 Å². The van der Waals surface area contributed by atoms with Crippen LogP contribution in [0.5, 0.6) is 5.75 Å². The van der Waals surface area contributed by atoms with Gasteiger partial charge in [-0.1, -0.05) is 22.0 Å². The van der Waals surface area contributed by atoms with E-state index in [0.717, 1.165) is 37.9 Å². The molecule has 27 heavy (non-hydrogen) atoms. The fourth-order valence-corrected chi connectivity index (χ4v) is 6.87. The molecule has 0 radical (unpaired) electrons. The Morgan fingerprint density at radius 3 is 2.26 bits per heavy atom. The Morgan fingerprint density at radius 2 is 1.59 bits per heavy atom. The SMILES string of the molecule is Oc1ccc(C23CC4CC(CC(C4)C2)C3)cc1C=Nc1cc(Br)ccc1Br. The van der Waals surface area contributed by atoms with E-state index in [1.54, 1.807) is 6.21 Å². The molecule has 0 heterocycles. The molecule has 4 aliphatic carbocycles. The van der Waals surface area contributed by atoms with E-state index in [9.17, 15) is 5.11 Å². The molecule has 4 bridgehead atoms. The van der Waals surface area contributed by atoms with Gasteiger partial charge in [-0.15, -0.1) is 0 Å². The van der Waals surface area contributed by atoms with E-state index in [1.807, 2.05) is 24.3 Å². The molecular formula is C23H23Br2NO. The van der Waals surface area contributed by atoms with Crippen LogP contribution in [0.4, 0.5) is 5.69 Å². The standard InChI is InChI=1S/C23H23Br2NO/c24-19-2-3-20(25)21(9-19)26-13-17-8-18(1-4-22(17)27)23-10-14-5-15(11-23)7-16(6-14)12-23/h1-4,8-9,13-16,27H,5-7,10-12H2.